The van der Waals surface area contributed by atoms with Crippen LogP contribution in [0.25, 0.3) is 10.9 Å². The summed E-state index contributed by atoms with van der Waals surface area (Å²) in [6.07, 6.45) is 0. The Hall–Kier alpha value is -4.33. The number of nitrogens with two attached hydrogens (primary N) is 1. The van der Waals surface area contributed by atoms with Crippen LogP contribution in [-0.2, 0) is 0 Å². The molecule has 0 aliphatic carbocycles. The number of methoxy groups -OCH3 is 2. The van der Waals surface area contributed by atoms with Crippen molar-refractivity contribution in [1.29, 1.82) is 0 Å². The minimum Gasteiger partial charge on any atom is -0.493 e. The van der Waals surface area contributed by atoms with E-state index in [9.17, 15) is 14.0 Å². The van der Waals surface area contributed by atoms with E-state index in [4.69, 9.17) is 15.2 Å². The Morgan fingerprint density at radius 3 is 2.31 bits per heavy atom. The molecule has 8 heteroatoms. The van der Waals surface area contributed by atoms with E-state index in [0.29, 0.717) is 28.1 Å². The number of hydrogen-bond acceptors (Lipinski definition) is 5. The third kappa shape index (κ3) is 3.62. The molecule has 0 unspecified atom stereocenters. The van der Waals surface area contributed by atoms with Crippen LogP contribution in [0.3, 0.4) is 0 Å². The Labute approximate surface area is 183 Å². The molecule has 0 atom stereocenters. The highest BCUT2D eigenvalue weighted by Crippen LogP contribution is 2.32. The lowest BCUT2D eigenvalue weighted by atomic mass is 10.1. The Morgan fingerprint density at radius 2 is 1.62 bits per heavy atom. The summed E-state index contributed by atoms with van der Waals surface area (Å²) in [5.74, 6) is -0.459. The number of rotatable bonds is 5. The van der Waals surface area contributed by atoms with Gasteiger partial charge < -0.3 is 20.5 Å². The van der Waals surface area contributed by atoms with Gasteiger partial charge in [0.1, 0.15) is 11.6 Å². The van der Waals surface area contributed by atoms with Gasteiger partial charge in [-0.15, -0.1) is 0 Å². The summed E-state index contributed by atoms with van der Waals surface area (Å²) in [6.45, 7) is 0. The molecule has 32 heavy (non-hydrogen) atoms. The highest BCUT2D eigenvalue weighted by atomic mass is 19.1. The summed E-state index contributed by atoms with van der Waals surface area (Å²) in [7, 11) is 3.01. The highest BCUT2D eigenvalue weighted by molar-refractivity contribution is 6.20. The van der Waals surface area contributed by atoms with Crippen LogP contribution in [0.4, 0.5) is 15.9 Å². The second-order valence-corrected chi connectivity index (χ2v) is 6.95. The van der Waals surface area contributed by atoms with Crippen molar-refractivity contribution < 1.29 is 23.5 Å². The SMILES string of the molecule is COc1ccc(NC(=O)c2c(N)n(C(=O)c3ccc(F)cc3)c3ccccc23)cc1OC. The fraction of sp³-hybridized carbons (Fsp3) is 0.0833. The molecule has 1 amide bonds. The van der Waals surface area contributed by atoms with Crippen molar-refractivity contribution in [3.8, 4) is 11.5 Å². The minimum atomic E-state index is -0.489. The number of carbonyl (C=O) groups excluding carboxylic acids is 2. The topological polar surface area (TPSA) is 95.6 Å². The first-order valence-electron chi connectivity index (χ1n) is 9.67. The molecule has 162 valence electrons. The third-order valence-corrected chi connectivity index (χ3v) is 5.07. The van der Waals surface area contributed by atoms with Crippen LogP contribution in [-0.4, -0.2) is 30.6 Å². The van der Waals surface area contributed by atoms with Crippen LogP contribution in [0.5, 0.6) is 11.5 Å². The zero-order valence-corrected chi connectivity index (χ0v) is 17.4. The van der Waals surface area contributed by atoms with Crippen LogP contribution >= 0.6 is 0 Å². The molecule has 0 radical (unpaired) electrons. The van der Waals surface area contributed by atoms with Crippen molar-refractivity contribution in [2.24, 2.45) is 0 Å². The van der Waals surface area contributed by atoms with Gasteiger partial charge in [0.05, 0.1) is 25.3 Å². The quantitative estimate of drug-likeness (QED) is 0.489. The molecule has 4 rings (SSSR count). The standard InChI is InChI=1S/C24H20FN3O4/c1-31-19-12-11-16(13-20(19)32-2)27-23(29)21-17-5-3-4-6-18(17)28(22(21)26)24(30)14-7-9-15(25)10-8-14/h3-13H,26H2,1-2H3,(H,27,29). The number of para-hydroxylation sites is 1. The van der Waals surface area contributed by atoms with Crippen LogP contribution in [0.2, 0.25) is 0 Å². The highest BCUT2D eigenvalue weighted by Gasteiger charge is 2.25. The molecule has 3 N–H and O–H groups in total. The second kappa shape index (κ2) is 8.43. The summed E-state index contributed by atoms with van der Waals surface area (Å²) < 4.78 is 25.0. The van der Waals surface area contributed by atoms with Crippen LogP contribution in [0.15, 0.2) is 66.7 Å². The van der Waals surface area contributed by atoms with Crippen LogP contribution < -0.4 is 20.5 Å². The number of fused-ring (bicyclic) bond motifs is 1. The number of aromatic nitrogens is 1. The lowest BCUT2D eigenvalue weighted by molar-refractivity contribution is 0.0967. The number of benzene rings is 3. The predicted molar refractivity (Wildman–Crippen MR) is 120 cm³/mol. The number of amides is 1. The zero-order chi connectivity index (χ0) is 22.8. The molecule has 0 bridgehead atoms. The average molecular weight is 433 g/mol. The summed E-state index contributed by atoms with van der Waals surface area (Å²) in [5, 5.41) is 3.30. The lowest BCUT2D eigenvalue weighted by Crippen LogP contribution is -2.18. The molecule has 3 aromatic carbocycles. The average Bonchev–Trinajstić information content (AvgIpc) is 3.10. The Balaban J connectivity index is 1.77. The van der Waals surface area contributed by atoms with E-state index in [2.05, 4.69) is 5.32 Å². The van der Waals surface area contributed by atoms with Crippen molar-refractivity contribution in [2.45, 2.75) is 0 Å². The van der Waals surface area contributed by atoms with E-state index in [-0.39, 0.29) is 16.9 Å². The number of anilines is 2. The molecule has 0 aliphatic heterocycles. The van der Waals surface area contributed by atoms with E-state index >= 15 is 0 Å². The van der Waals surface area contributed by atoms with Gasteiger partial charge in [0.25, 0.3) is 11.8 Å². The first-order chi connectivity index (χ1) is 15.4. The first kappa shape index (κ1) is 20.9. The maximum absolute atomic E-state index is 13.3. The summed E-state index contributed by atoms with van der Waals surface area (Å²) >= 11 is 0. The van der Waals surface area contributed by atoms with Gasteiger partial charge in [-0.1, -0.05) is 18.2 Å². The minimum absolute atomic E-state index is 0.0153. The fourth-order valence-corrected chi connectivity index (χ4v) is 3.55. The summed E-state index contributed by atoms with van der Waals surface area (Å²) in [4.78, 5) is 26.3. The number of nitrogen functional groups attached to an aromatic ring is 1. The number of ether oxygens (including phenoxy) is 2. The molecule has 7 nitrogen and oxygen atoms in total. The van der Waals surface area contributed by atoms with Crippen molar-refractivity contribution in [3.05, 3.63) is 83.7 Å². The summed E-state index contributed by atoms with van der Waals surface area (Å²) in [6, 6.07) is 17.0. The number of carbonyl (C=O) groups is 2. The van der Waals surface area contributed by atoms with Gasteiger partial charge in [0, 0.05) is 22.7 Å². The molecule has 0 fully saturated rings. The molecule has 0 aliphatic rings. The molecule has 0 saturated heterocycles. The van der Waals surface area contributed by atoms with Crippen molar-refractivity contribution in [3.63, 3.8) is 0 Å². The number of halogens is 1. The number of nitrogens with zero attached hydrogens (tertiary/aromatic N) is 1. The smallest absolute Gasteiger partial charge is 0.263 e. The molecule has 0 saturated carbocycles. The zero-order valence-electron chi connectivity index (χ0n) is 17.4. The predicted octanol–water partition coefficient (Wildman–Crippen LogP) is 4.32. The molecular formula is C24H20FN3O4. The van der Waals surface area contributed by atoms with Crippen molar-refractivity contribution >= 4 is 34.2 Å². The van der Waals surface area contributed by atoms with Gasteiger partial charge >= 0.3 is 0 Å². The maximum Gasteiger partial charge on any atom is 0.263 e. The third-order valence-electron chi connectivity index (χ3n) is 5.07. The maximum atomic E-state index is 13.3. The summed E-state index contributed by atoms with van der Waals surface area (Å²) in [5.41, 5.74) is 7.64. The molecule has 0 spiro atoms. The van der Waals surface area contributed by atoms with Crippen LogP contribution in [0, 0.1) is 5.82 Å². The van der Waals surface area contributed by atoms with E-state index in [0.717, 1.165) is 0 Å². The molecule has 4 aromatic rings. The number of hydrogen-bond donors (Lipinski definition) is 2. The number of nitrogens with one attached hydrogen (secondary N) is 1. The Morgan fingerprint density at radius 1 is 0.938 bits per heavy atom. The normalized spacial score (nSPS) is 10.7. The fourth-order valence-electron chi connectivity index (χ4n) is 3.55. The van der Waals surface area contributed by atoms with Crippen LogP contribution in [0.1, 0.15) is 20.7 Å². The van der Waals surface area contributed by atoms with Gasteiger partial charge in [-0.25, -0.2) is 4.39 Å². The molecule has 1 heterocycles. The Bertz CT molecular complexity index is 1330. The van der Waals surface area contributed by atoms with Gasteiger partial charge in [-0.05, 0) is 42.5 Å². The lowest BCUT2D eigenvalue weighted by Gasteiger charge is -2.11. The van der Waals surface area contributed by atoms with Gasteiger partial charge in [-0.3, -0.25) is 14.2 Å². The van der Waals surface area contributed by atoms with E-state index < -0.39 is 17.6 Å². The van der Waals surface area contributed by atoms with Crippen molar-refractivity contribution in [1.82, 2.24) is 4.57 Å². The van der Waals surface area contributed by atoms with E-state index in [1.165, 1.54) is 43.1 Å². The van der Waals surface area contributed by atoms with E-state index in [1.807, 2.05) is 0 Å². The Kier molecular flexibility index (Phi) is 5.51. The second-order valence-electron chi connectivity index (χ2n) is 6.95. The van der Waals surface area contributed by atoms with Gasteiger partial charge in [0.15, 0.2) is 11.5 Å². The molecular weight excluding hydrogens is 413 g/mol. The van der Waals surface area contributed by atoms with Crippen molar-refractivity contribution in [2.75, 3.05) is 25.3 Å². The van der Waals surface area contributed by atoms with Gasteiger partial charge in [-0.2, -0.15) is 0 Å². The molecule has 1 aromatic heterocycles. The van der Waals surface area contributed by atoms with E-state index in [1.54, 1.807) is 42.5 Å². The largest absolute Gasteiger partial charge is 0.493 e. The van der Waals surface area contributed by atoms with Gasteiger partial charge in [0.2, 0.25) is 0 Å². The monoisotopic (exact) mass is 433 g/mol. The first-order valence-corrected chi connectivity index (χ1v) is 9.67.